The van der Waals surface area contributed by atoms with Gasteiger partial charge >= 0.3 is 11.9 Å². The number of hydrogen-bond acceptors (Lipinski definition) is 8. The van der Waals surface area contributed by atoms with Gasteiger partial charge < -0.3 is 42.1 Å². The molecule has 0 rings (SSSR count). The lowest BCUT2D eigenvalue weighted by Crippen LogP contribution is -2.61. The molecule has 6 atom stereocenters. The third-order valence-corrected chi connectivity index (χ3v) is 4.72. The first-order chi connectivity index (χ1) is 15.1. The fraction of sp³-hybridized carbons (Fsp3) is 0.750. The highest BCUT2D eigenvalue weighted by Gasteiger charge is 2.35. The molecule has 0 aromatic carbocycles. The largest absolute Gasteiger partial charge is 0.481 e. The van der Waals surface area contributed by atoms with E-state index in [2.05, 4.69) is 10.6 Å². The number of carbonyl (C=O) groups excluding carboxylic acids is 3. The van der Waals surface area contributed by atoms with Crippen LogP contribution in [-0.4, -0.2) is 86.5 Å². The van der Waals surface area contributed by atoms with E-state index in [-0.39, 0.29) is 5.92 Å². The average Bonchev–Trinajstić information content (AvgIpc) is 2.66. The van der Waals surface area contributed by atoms with Crippen molar-refractivity contribution in [3.05, 3.63) is 0 Å². The Labute approximate surface area is 192 Å². The monoisotopic (exact) mass is 476 g/mol. The number of rotatable bonds is 14. The highest BCUT2D eigenvalue weighted by molar-refractivity contribution is 5.95. The highest BCUT2D eigenvalue weighted by atomic mass is 16.4. The molecule has 0 bridgehead atoms. The molecule has 4 unspecified atom stereocenters. The average molecular weight is 477 g/mol. The van der Waals surface area contributed by atoms with Crippen molar-refractivity contribution in [1.29, 1.82) is 0 Å². The number of aliphatic carboxylic acids is 2. The van der Waals surface area contributed by atoms with Gasteiger partial charge in [0.1, 0.15) is 24.2 Å². The SMILES string of the molecule is CC(C)CC(N)C(O)C(=O)NC(C(=O)N[C@H](C(=O)NC(CC(=O)O)C(=O)O)[C@@H](C)O)C(C)C. The number of nitrogens with two attached hydrogens (primary N) is 1. The number of carboxylic acids is 2. The Hall–Kier alpha value is -2.77. The summed E-state index contributed by atoms with van der Waals surface area (Å²) in [6.45, 7) is 8.07. The van der Waals surface area contributed by atoms with E-state index in [4.69, 9.17) is 15.9 Å². The summed E-state index contributed by atoms with van der Waals surface area (Å²) in [5, 5.41) is 44.5. The van der Waals surface area contributed by atoms with Gasteiger partial charge in [-0.25, -0.2) is 4.79 Å². The van der Waals surface area contributed by atoms with Crippen LogP contribution in [-0.2, 0) is 24.0 Å². The Balaban J connectivity index is 5.41. The zero-order valence-corrected chi connectivity index (χ0v) is 19.4. The number of hydrogen-bond donors (Lipinski definition) is 8. The first-order valence-electron chi connectivity index (χ1n) is 10.6. The summed E-state index contributed by atoms with van der Waals surface area (Å²) in [4.78, 5) is 59.6. The fourth-order valence-corrected chi connectivity index (χ4v) is 2.93. The molecule has 0 aromatic rings. The molecular weight excluding hydrogens is 440 g/mol. The number of amides is 3. The lowest BCUT2D eigenvalue weighted by Gasteiger charge is -2.28. The smallest absolute Gasteiger partial charge is 0.326 e. The van der Waals surface area contributed by atoms with Crippen LogP contribution in [0.15, 0.2) is 0 Å². The second-order valence-corrected chi connectivity index (χ2v) is 8.69. The van der Waals surface area contributed by atoms with Gasteiger partial charge in [-0.15, -0.1) is 0 Å². The molecule has 0 fully saturated rings. The molecule has 13 heteroatoms. The van der Waals surface area contributed by atoms with E-state index in [0.717, 1.165) is 6.92 Å². The van der Waals surface area contributed by atoms with Gasteiger partial charge in [-0.05, 0) is 25.2 Å². The normalized spacial score (nSPS) is 16.8. The predicted molar refractivity (Wildman–Crippen MR) is 116 cm³/mol. The number of aliphatic hydroxyl groups is 2. The minimum atomic E-state index is -1.79. The van der Waals surface area contributed by atoms with Crippen LogP contribution in [0.2, 0.25) is 0 Å². The fourth-order valence-electron chi connectivity index (χ4n) is 2.93. The summed E-state index contributed by atoms with van der Waals surface area (Å²) in [5.74, 6) is -6.36. The van der Waals surface area contributed by atoms with Crippen molar-refractivity contribution in [3.8, 4) is 0 Å². The topological polar surface area (TPSA) is 228 Å². The molecule has 0 spiro atoms. The van der Waals surface area contributed by atoms with Gasteiger partial charge in [0.25, 0.3) is 5.91 Å². The first kappa shape index (κ1) is 30.2. The Morgan fingerprint density at radius 1 is 0.788 bits per heavy atom. The summed E-state index contributed by atoms with van der Waals surface area (Å²) < 4.78 is 0. The summed E-state index contributed by atoms with van der Waals surface area (Å²) >= 11 is 0. The zero-order valence-electron chi connectivity index (χ0n) is 19.4. The Bertz CT molecular complexity index is 712. The summed E-state index contributed by atoms with van der Waals surface area (Å²) in [6, 6.07) is -5.51. The van der Waals surface area contributed by atoms with Crippen molar-refractivity contribution in [1.82, 2.24) is 16.0 Å². The second-order valence-electron chi connectivity index (χ2n) is 8.69. The molecule has 190 valence electrons. The summed E-state index contributed by atoms with van der Waals surface area (Å²) in [6.07, 6.45) is -3.62. The maximum Gasteiger partial charge on any atom is 0.326 e. The Kier molecular flexibility index (Phi) is 12.6. The molecule has 13 nitrogen and oxygen atoms in total. The summed E-state index contributed by atoms with van der Waals surface area (Å²) in [7, 11) is 0. The first-order valence-corrected chi connectivity index (χ1v) is 10.6. The van der Waals surface area contributed by atoms with Crippen LogP contribution in [0.3, 0.4) is 0 Å². The van der Waals surface area contributed by atoms with Gasteiger partial charge in [-0.1, -0.05) is 27.7 Å². The van der Waals surface area contributed by atoms with Crippen molar-refractivity contribution in [2.75, 3.05) is 0 Å². The second kappa shape index (κ2) is 13.7. The zero-order chi connectivity index (χ0) is 26.0. The molecule has 0 aliphatic carbocycles. The number of carbonyl (C=O) groups is 5. The molecule has 0 saturated heterocycles. The molecule has 9 N–H and O–H groups in total. The molecule has 0 saturated carbocycles. The van der Waals surface area contributed by atoms with E-state index in [1.165, 1.54) is 0 Å². The van der Waals surface area contributed by atoms with Crippen LogP contribution in [0.5, 0.6) is 0 Å². The van der Waals surface area contributed by atoms with Crippen molar-refractivity contribution < 1.29 is 44.4 Å². The van der Waals surface area contributed by atoms with Crippen LogP contribution >= 0.6 is 0 Å². The minimum Gasteiger partial charge on any atom is -0.481 e. The standard InChI is InChI=1S/C20H36N4O9/c1-8(2)6-11(21)16(28)19(31)23-14(9(3)4)17(29)24-15(10(5)25)18(30)22-12(20(32)33)7-13(26)27/h8-12,14-16,25,28H,6-7,21H2,1-5H3,(H,22,30)(H,23,31)(H,24,29)(H,26,27)(H,32,33)/t10-,11?,12?,14?,15+,16?/m1/s1. The molecule has 0 radical (unpaired) electrons. The molecule has 33 heavy (non-hydrogen) atoms. The Morgan fingerprint density at radius 3 is 1.67 bits per heavy atom. The van der Waals surface area contributed by atoms with Crippen LogP contribution in [0.25, 0.3) is 0 Å². The van der Waals surface area contributed by atoms with Crippen LogP contribution in [0, 0.1) is 11.8 Å². The lowest BCUT2D eigenvalue weighted by molar-refractivity contribution is -0.148. The predicted octanol–water partition coefficient (Wildman–Crippen LogP) is -2.23. The maximum atomic E-state index is 12.8. The van der Waals surface area contributed by atoms with Gasteiger partial charge in [0, 0.05) is 6.04 Å². The quantitative estimate of drug-likeness (QED) is 0.134. The molecule has 0 aliphatic heterocycles. The third kappa shape index (κ3) is 10.6. The molecule has 0 heterocycles. The van der Waals surface area contributed by atoms with Crippen molar-refractivity contribution >= 4 is 29.7 Å². The van der Waals surface area contributed by atoms with Crippen LogP contribution < -0.4 is 21.7 Å². The van der Waals surface area contributed by atoms with Gasteiger partial charge in [0.2, 0.25) is 11.8 Å². The van der Waals surface area contributed by atoms with Crippen LogP contribution in [0.4, 0.5) is 0 Å². The molecule has 0 aromatic heterocycles. The lowest BCUT2D eigenvalue weighted by atomic mass is 9.98. The van der Waals surface area contributed by atoms with Gasteiger partial charge in [0.05, 0.1) is 12.5 Å². The van der Waals surface area contributed by atoms with Gasteiger partial charge in [0.15, 0.2) is 0 Å². The van der Waals surface area contributed by atoms with E-state index < -0.39 is 78.4 Å². The number of aliphatic hydroxyl groups excluding tert-OH is 2. The minimum absolute atomic E-state index is 0.118. The van der Waals surface area contributed by atoms with Crippen molar-refractivity contribution in [2.24, 2.45) is 17.6 Å². The molecule has 3 amide bonds. The van der Waals surface area contributed by atoms with Crippen LogP contribution in [0.1, 0.15) is 47.5 Å². The van der Waals surface area contributed by atoms with Gasteiger partial charge in [-0.2, -0.15) is 0 Å². The van der Waals surface area contributed by atoms with Crippen molar-refractivity contribution in [3.63, 3.8) is 0 Å². The number of nitrogens with one attached hydrogen (secondary N) is 3. The molecular formula is C20H36N4O9. The van der Waals surface area contributed by atoms with E-state index >= 15 is 0 Å². The molecule has 0 aliphatic rings. The van der Waals surface area contributed by atoms with E-state index in [9.17, 15) is 34.2 Å². The third-order valence-electron chi connectivity index (χ3n) is 4.72. The highest BCUT2D eigenvalue weighted by Crippen LogP contribution is 2.09. The van der Waals surface area contributed by atoms with Gasteiger partial charge in [-0.3, -0.25) is 19.2 Å². The van der Waals surface area contributed by atoms with E-state index in [1.54, 1.807) is 13.8 Å². The maximum absolute atomic E-state index is 12.8. The van der Waals surface area contributed by atoms with E-state index in [1.807, 2.05) is 19.2 Å². The Morgan fingerprint density at radius 2 is 1.27 bits per heavy atom. The van der Waals surface area contributed by atoms with Crippen molar-refractivity contribution in [2.45, 2.75) is 83.8 Å². The summed E-state index contributed by atoms with van der Waals surface area (Å²) in [5.41, 5.74) is 5.83. The van der Waals surface area contributed by atoms with E-state index in [0.29, 0.717) is 6.42 Å². The number of carboxylic acid groups (broad SMARTS) is 2.